The number of aromatic nitrogens is 2. The molecule has 2 aliphatic heterocycles. The van der Waals surface area contributed by atoms with Crippen molar-refractivity contribution in [1.29, 1.82) is 0 Å². The molecule has 0 radical (unpaired) electrons. The van der Waals surface area contributed by atoms with Gasteiger partial charge in [-0.1, -0.05) is 0 Å². The van der Waals surface area contributed by atoms with Crippen LogP contribution in [-0.4, -0.2) is 57.7 Å². The van der Waals surface area contributed by atoms with E-state index in [9.17, 15) is 4.79 Å². The van der Waals surface area contributed by atoms with Crippen LogP contribution in [0, 0.1) is 13.8 Å². The SMILES string of the molecule is CCn1nc(C)c(C(=O)N2CCC[C@@H]2[C@H]2CCCN2C)c1C. The second-order valence-corrected chi connectivity index (χ2v) is 6.76. The molecule has 5 nitrogen and oxygen atoms in total. The molecule has 3 rings (SSSR count). The van der Waals surface area contributed by atoms with E-state index in [0.717, 1.165) is 49.4 Å². The Morgan fingerprint density at radius 3 is 2.45 bits per heavy atom. The van der Waals surface area contributed by atoms with Crippen molar-refractivity contribution in [3.8, 4) is 0 Å². The van der Waals surface area contributed by atoms with Gasteiger partial charge in [0.25, 0.3) is 5.91 Å². The summed E-state index contributed by atoms with van der Waals surface area (Å²) in [6.45, 7) is 8.91. The van der Waals surface area contributed by atoms with Crippen LogP contribution in [0.5, 0.6) is 0 Å². The number of amides is 1. The number of aryl methyl sites for hydroxylation is 2. The van der Waals surface area contributed by atoms with Crippen LogP contribution in [0.2, 0.25) is 0 Å². The van der Waals surface area contributed by atoms with Crippen molar-refractivity contribution in [2.45, 2.75) is 65.1 Å². The zero-order valence-corrected chi connectivity index (χ0v) is 14.3. The predicted molar refractivity (Wildman–Crippen MR) is 87.1 cm³/mol. The molecule has 2 atom stereocenters. The highest BCUT2D eigenvalue weighted by Crippen LogP contribution is 2.31. The van der Waals surface area contributed by atoms with E-state index >= 15 is 0 Å². The molecule has 0 saturated carbocycles. The number of nitrogens with zero attached hydrogens (tertiary/aromatic N) is 4. The van der Waals surface area contributed by atoms with Crippen LogP contribution in [-0.2, 0) is 6.54 Å². The summed E-state index contributed by atoms with van der Waals surface area (Å²) >= 11 is 0. The lowest BCUT2D eigenvalue weighted by Gasteiger charge is -2.33. The number of hydrogen-bond acceptors (Lipinski definition) is 3. The van der Waals surface area contributed by atoms with Crippen molar-refractivity contribution in [1.82, 2.24) is 19.6 Å². The second-order valence-electron chi connectivity index (χ2n) is 6.76. The smallest absolute Gasteiger partial charge is 0.257 e. The highest BCUT2D eigenvalue weighted by Gasteiger charge is 2.39. The van der Waals surface area contributed by atoms with Gasteiger partial charge in [-0.15, -0.1) is 0 Å². The van der Waals surface area contributed by atoms with E-state index in [4.69, 9.17) is 0 Å². The van der Waals surface area contributed by atoms with Crippen molar-refractivity contribution in [3.63, 3.8) is 0 Å². The first-order chi connectivity index (χ1) is 10.5. The van der Waals surface area contributed by atoms with Crippen molar-refractivity contribution < 1.29 is 4.79 Å². The second kappa shape index (κ2) is 6.03. The lowest BCUT2D eigenvalue weighted by molar-refractivity contribution is 0.0663. The summed E-state index contributed by atoms with van der Waals surface area (Å²) in [4.78, 5) is 17.7. The van der Waals surface area contributed by atoms with E-state index in [-0.39, 0.29) is 5.91 Å². The monoisotopic (exact) mass is 304 g/mol. The molecular weight excluding hydrogens is 276 g/mol. The van der Waals surface area contributed by atoms with Crippen LogP contribution in [0.1, 0.15) is 54.4 Å². The third-order valence-electron chi connectivity index (χ3n) is 5.48. The summed E-state index contributed by atoms with van der Waals surface area (Å²) in [5.41, 5.74) is 2.71. The maximum atomic E-state index is 13.1. The Bertz CT molecular complexity index is 565. The van der Waals surface area contributed by atoms with Gasteiger partial charge < -0.3 is 9.80 Å². The van der Waals surface area contributed by atoms with Gasteiger partial charge in [-0.3, -0.25) is 9.48 Å². The fourth-order valence-electron chi connectivity index (χ4n) is 4.32. The summed E-state index contributed by atoms with van der Waals surface area (Å²) in [7, 11) is 2.20. The third kappa shape index (κ3) is 2.45. The molecule has 1 aromatic heterocycles. The van der Waals surface area contributed by atoms with Gasteiger partial charge >= 0.3 is 0 Å². The summed E-state index contributed by atoms with van der Waals surface area (Å²) < 4.78 is 1.94. The van der Waals surface area contributed by atoms with Crippen LogP contribution >= 0.6 is 0 Å². The molecule has 0 spiro atoms. The first-order valence-electron chi connectivity index (χ1n) is 8.59. The Kier molecular flexibility index (Phi) is 4.26. The molecule has 5 heteroatoms. The molecule has 0 unspecified atom stereocenters. The van der Waals surface area contributed by atoms with Crippen molar-refractivity contribution in [2.24, 2.45) is 0 Å². The van der Waals surface area contributed by atoms with Crippen LogP contribution in [0.4, 0.5) is 0 Å². The molecule has 2 saturated heterocycles. The zero-order valence-electron chi connectivity index (χ0n) is 14.3. The number of rotatable bonds is 3. The van der Waals surface area contributed by atoms with Crippen molar-refractivity contribution in [3.05, 3.63) is 17.0 Å². The molecule has 1 aromatic rings. The standard InChI is InChI=1S/C17H28N4O/c1-5-21-13(3)16(12(2)18-21)17(22)20-11-7-9-15(20)14-8-6-10-19(14)4/h14-15H,5-11H2,1-4H3/t14-,15-/m1/s1. The van der Waals surface area contributed by atoms with Gasteiger partial charge in [-0.05, 0) is 60.0 Å². The topological polar surface area (TPSA) is 41.4 Å². The minimum Gasteiger partial charge on any atom is -0.334 e. The average molecular weight is 304 g/mol. The summed E-state index contributed by atoms with van der Waals surface area (Å²) in [5, 5.41) is 4.52. The number of carbonyl (C=O) groups excluding carboxylic acids is 1. The molecule has 2 aliphatic rings. The van der Waals surface area contributed by atoms with Crippen LogP contribution in [0.15, 0.2) is 0 Å². The zero-order chi connectivity index (χ0) is 15.9. The molecule has 3 heterocycles. The molecule has 22 heavy (non-hydrogen) atoms. The van der Waals surface area contributed by atoms with E-state index < -0.39 is 0 Å². The van der Waals surface area contributed by atoms with E-state index in [0.29, 0.717) is 12.1 Å². The van der Waals surface area contributed by atoms with Crippen LogP contribution in [0.25, 0.3) is 0 Å². The molecular formula is C17H28N4O. The molecule has 2 fully saturated rings. The first kappa shape index (κ1) is 15.5. The lowest BCUT2D eigenvalue weighted by Crippen LogP contribution is -2.47. The Morgan fingerprint density at radius 1 is 1.18 bits per heavy atom. The fourth-order valence-corrected chi connectivity index (χ4v) is 4.32. The quantitative estimate of drug-likeness (QED) is 0.860. The van der Waals surface area contributed by atoms with E-state index in [2.05, 4.69) is 28.9 Å². The minimum absolute atomic E-state index is 0.192. The number of likely N-dealkylation sites (tertiary alicyclic amines) is 2. The summed E-state index contributed by atoms with van der Waals surface area (Å²) in [5.74, 6) is 0.192. The number of hydrogen-bond donors (Lipinski definition) is 0. The fraction of sp³-hybridized carbons (Fsp3) is 0.765. The summed E-state index contributed by atoms with van der Waals surface area (Å²) in [6.07, 6.45) is 4.74. The highest BCUT2D eigenvalue weighted by molar-refractivity contribution is 5.96. The molecule has 0 bridgehead atoms. The molecule has 0 aromatic carbocycles. The predicted octanol–water partition coefficient (Wildman–Crippen LogP) is 2.22. The molecule has 122 valence electrons. The Morgan fingerprint density at radius 2 is 1.86 bits per heavy atom. The molecule has 0 N–H and O–H groups in total. The van der Waals surface area contributed by atoms with Crippen LogP contribution < -0.4 is 0 Å². The van der Waals surface area contributed by atoms with E-state index in [1.807, 2.05) is 18.5 Å². The van der Waals surface area contributed by atoms with Gasteiger partial charge in [0.2, 0.25) is 0 Å². The van der Waals surface area contributed by atoms with Crippen LogP contribution in [0.3, 0.4) is 0 Å². The minimum atomic E-state index is 0.192. The largest absolute Gasteiger partial charge is 0.334 e. The third-order valence-corrected chi connectivity index (χ3v) is 5.48. The lowest BCUT2D eigenvalue weighted by atomic mass is 10.0. The maximum Gasteiger partial charge on any atom is 0.257 e. The maximum absolute atomic E-state index is 13.1. The van der Waals surface area contributed by atoms with Gasteiger partial charge in [0, 0.05) is 30.9 Å². The van der Waals surface area contributed by atoms with Crippen molar-refractivity contribution >= 4 is 5.91 Å². The van der Waals surface area contributed by atoms with Gasteiger partial charge in [-0.2, -0.15) is 5.10 Å². The van der Waals surface area contributed by atoms with Gasteiger partial charge in [0.1, 0.15) is 0 Å². The molecule has 0 aliphatic carbocycles. The van der Waals surface area contributed by atoms with Gasteiger partial charge in [-0.25, -0.2) is 0 Å². The van der Waals surface area contributed by atoms with E-state index in [1.165, 1.54) is 12.8 Å². The van der Waals surface area contributed by atoms with E-state index in [1.54, 1.807) is 0 Å². The highest BCUT2D eigenvalue weighted by atomic mass is 16.2. The average Bonchev–Trinajstić information content (AvgIpc) is 3.17. The normalized spacial score (nSPS) is 26.1. The Balaban J connectivity index is 1.86. The van der Waals surface area contributed by atoms with Crippen molar-refractivity contribution in [2.75, 3.05) is 20.1 Å². The first-order valence-corrected chi connectivity index (χ1v) is 8.59. The number of likely N-dealkylation sites (N-methyl/N-ethyl adjacent to an activating group) is 1. The van der Waals surface area contributed by atoms with Gasteiger partial charge in [0.05, 0.1) is 11.3 Å². The summed E-state index contributed by atoms with van der Waals surface area (Å²) in [6, 6.07) is 0.914. The Labute approximate surface area is 133 Å². The molecule has 1 amide bonds. The van der Waals surface area contributed by atoms with Gasteiger partial charge in [0.15, 0.2) is 0 Å². The number of carbonyl (C=O) groups is 1. The Hall–Kier alpha value is -1.36.